The second kappa shape index (κ2) is 5.82. The van der Waals surface area contributed by atoms with Crippen LogP contribution in [-0.4, -0.2) is 18.5 Å². The highest BCUT2D eigenvalue weighted by molar-refractivity contribution is 5.49. The Morgan fingerprint density at radius 1 is 1.10 bits per heavy atom. The van der Waals surface area contributed by atoms with E-state index in [1.165, 1.54) is 23.3 Å². The summed E-state index contributed by atoms with van der Waals surface area (Å²) in [6, 6.07) is 9.94. The molecular formula is C17H18F2N2. The highest BCUT2D eigenvalue weighted by Crippen LogP contribution is 2.22. The van der Waals surface area contributed by atoms with Gasteiger partial charge in [-0.15, -0.1) is 0 Å². The molecule has 0 amide bonds. The zero-order valence-corrected chi connectivity index (χ0v) is 12.0. The number of nitrogens with one attached hydrogen (secondary N) is 1. The Kier molecular flexibility index (Phi) is 3.88. The van der Waals surface area contributed by atoms with Crippen molar-refractivity contribution in [3.8, 4) is 0 Å². The van der Waals surface area contributed by atoms with Gasteiger partial charge >= 0.3 is 0 Å². The molecular weight excluding hydrogens is 270 g/mol. The van der Waals surface area contributed by atoms with Gasteiger partial charge in [0.2, 0.25) is 0 Å². The van der Waals surface area contributed by atoms with Crippen molar-refractivity contribution in [2.45, 2.75) is 19.5 Å². The minimum absolute atomic E-state index is 0.348. The molecule has 1 N–H and O–H groups in total. The lowest BCUT2D eigenvalue weighted by Gasteiger charge is -2.25. The number of benzene rings is 2. The zero-order chi connectivity index (χ0) is 14.8. The summed E-state index contributed by atoms with van der Waals surface area (Å²) in [6.07, 6.45) is 1.07. The SMILES string of the molecule is CN1CCc2ccc(NCc3ccc(F)cc3F)cc2C1. The van der Waals surface area contributed by atoms with Crippen LogP contribution in [0.1, 0.15) is 16.7 Å². The van der Waals surface area contributed by atoms with Crippen LogP contribution in [0.4, 0.5) is 14.5 Å². The van der Waals surface area contributed by atoms with Crippen LogP contribution < -0.4 is 5.32 Å². The molecule has 2 aromatic rings. The van der Waals surface area contributed by atoms with Crippen LogP contribution in [-0.2, 0) is 19.5 Å². The van der Waals surface area contributed by atoms with E-state index in [2.05, 4.69) is 29.4 Å². The highest BCUT2D eigenvalue weighted by Gasteiger charge is 2.13. The third-order valence-corrected chi connectivity index (χ3v) is 3.91. The minimum atomic E-state index is -0.548. The second-order valence-electron chi connectivity index (χ2n) is 5.56. The molecule has 0 saturated carbocycles. The molecule has 0 aromatic heterocycles. The Morgan fingerprint density at radius 3 is 2.76 bits per heavy atom. The molecule has 0 radical (unpaired) electrons. The maximum absolute atomic E-state index is 13.6. The molecule has 0 unspecified atom stereocenters. The maximum atomic E-state index is 13.6. The number of halogens is 2. The lowest BCUT2D eigenvalue weighted by Crippen LogP contribution is -2.26. The molecule has 4 heteroatoms. The first kappa shape index (κ1) is 14.0. The molecule has 0 saturated heterocycles. The molecule has 2 nitrogen and oxygen atoms in total. The molecule has 2 aromatic carbocycles. The van der Waals surface area contributed by atoms with Gasteiger partial charge in [-0.25, -0.2) is 8.78 Å². The lowest BCUT2D eigenvalue weighted by atomic mass is 9.99. The average molecular weight is 288 g/mol. The summed E-state index contributed by atoms with van der Waals surface area (Å²) in [4.78, 5) is 2.28. The molecule has 1 aliphatic rings. The number of anilines is 1. The molecule has 0 aliphatic carbocycles. The van der Waals surface area contributed by atoms with Gasteiger partial charge < -0.3 is 10.2 Å². The number of rotatable bonds is 3. The van der Waals surface area contributed by atoms with E-state index in [4.69, 9.17) is 0 Å². The number of hydrogen-bond acceptors (Lipinski definition) is 2. The van der Waals surface area contributed by atoms with Crippen LogP contribution in [0.3, 0.4) is 0 Å². The Bertz CT molecular complexity index is 655. The van der Waals surface area contributed by atoms with E-state index in [1.807, 2.05) is 6.07 Å². The van der Waals surface area contributed by atoms with Crippen molar-refractivity contribution in [3.05, 3.63) is 64.7 Å². The molecule has 0 spiro atoms. The van der Waals surface area contributed by atoms with Crippen molar-refractivity contribution in [3.63, 3.8) is 0 Å². The summed E-state index contributed by atoms with van der Waals surface area (Å²) in [5, 5.41) is 3.21. The van der Waals surface area contributed by atoms with E-state index in [-0.39, 0.29) is 0 Å². The molecule has 3 rings (SSSR count). The number of fused-ring (bicyclic) bond motifs is 1. The fraction of sp³-hybridized carbons (Fsp3) is 0.294. The summed E-state index contributed by atoms with van der Waals surface area (Å²) in [5.41, 5.74) is 4.12. The maximum Gasteiger partial charge on any atom is 0.131 e. The Hall–Kier alpha value is -1.94. The Balaban J connectivity index is 1.72. The van der Waals surface area contributed by atoms with Crippen LogP contribution in [0.15, 0.2) is 36.4 Å². The van der Waals surface area contributed by atoms with Gasteiger partial charge in [-0.2, -0.15) is 0 Å². The van der Waals surface area contributed by atoms with Crippen LogP contribution in [0.5, 0.6) is 0 Å². The van der Waals surface area contributed by atoms with E-state index >= 15 is 0 Å². The van der Waals surface area contributed by atoms with Crippen molar-refractivity contribution in [1.82, 2.24) is 4.90 Å². The van der Waals surface area contributed by atoms with Gasteiger partial charge in [-0.3, -0.25) is 0 Å². The first-order valence-corrected chi connectivity index (χ1v) is 7.10. The predicted octanol–water partition coefficient (Wildman–Crippen LogP) is 3.56. The van der Waals surface area contributed by atoms with Gasteiger partial charge in [0.05, 0.1) is 0 Å². The van der Waals surface area contributed by atoms with Gasteiger partial charge in [-0.1, -0.05) is 12.1 Å². The van der Waals surface area contributed by atoms with E-state index in [1.54, 1.807) is 0 Å². The van der Waals surface area contributed by atoms with Crippen molar-refractivity contribution in [2.75, 3.05) is 18.9 Å². The van der Waals surface area contributed by atoms with E-state index in [0.29, 0.717) is 12.1 Å². The quantitative estimate of drug-likeness (QED) is 0.929. The fourth-order valence-electron chi connectivity index (χ4n) is 2.67. The van der Waals surface area contributed by atoms with Crippen LogP contribution in [0.2, 0.25) is 0 Å². The van der Waals surface area contributed by atoms with Gasteiger partial charge in [0.25, 0.3) is 0 Å². The van der Waals surface area contributed by atoms with Gasteiger partial charge in [0.15, 0.2) is 0 Å². The minimum Gasteiger partial charge on any atom is -0.381 e. The topological polar surface area (TPSA) is 15.3 Å². The lowest BCUT2D eigenvalue weighted by molar-refractivity contribution is 0.313. The van der Waals surface area contributed by atoms with Crippen molar-refractivity contribution in [1.29, 1.82) is 0 Å². The summed E-state index contributed by atoms with van der Waals surface area (Å²) < 4.78 is 26.5. The summed E-state index contributed by atoms with van der Waals surface area (Å²) in [7, 11) is 2.11. The molecule has 1 heterocycles. The third-order valence-electron chi connectivity index (χ3n) is 3.91. The van der Waals surface area contributed by atoms with Gasteiger partial charge in [0.1, 0.15) is 11.6 Å². The normalized spacial score (nSPS) is 14.8. The van der Waals surface area contributed by atoms with Crippen LogP contribution in [0.25, 0.3) is 0 Å². The zero-order valence-electron chi connectivity index (χ0n) is 12.0. The smallest absolute Gasteiger partial charge is 0.131 e. The van der Waals surface area contributed by atoms with E-state index < -0.39 is 11.6 Å². The predicted molar refractivity (Wildman–Crippen MR) is 80.2 cm³/mol. The Morgan fingerprint density at radius 2 is 1.95 bits per heavy atom. The molecule has 0 atom stereocenters. The monoisotopic (exact) mass is 288 g/mol. The molecule has 110 valence electrons. The summed E-state index contributed by atoms with van der Waals surface area (Å²) in [6.45, 7) is 2.37. The average Bonchev–Trinajstić information content (AvgIpc) is 2.46. The first-order chi connectivity index (χ1) is 10.1. The largest absolute Gasteiger partial charge is 0.381 e. The van der Waals surface area contributed by atoms with Crippen LogP contribution >= 0.6 is 0 Å². The number of nitrogens with zero attached hydrogens (tertiary/aromatic N) is 1. The van der Waals surface area contributed by atoms with Crippen molar-refractivity contribution >= 4 is 5.69 Å². The van der Waals surface area contributed by atoms with Gasteiger partial charge in [0, 0.05) is 37.0 Å². The van der Waals surface area contributed by atoms with Crippen molar-refractivity contribution in [2.24, 2.45) is 0 Å². The highest BCUT2D eigenvalue weighted by atomic mass is 19.1. The molecule has 21 heavy (non-hydrogen) atoms. The van der Waals surface area contributed by atoms with E-state index in [0.717, 1.165) is 31.3 Å². The fourth-order valence-corrected chi connectivity index (χ4v) is 2.67. The van der Waals surface area contributed by atoms with Crippen LogP contribution in [0, 0.1) is 11.6 Å². The molecule has 0 bridgehead atoms. The Labute approximate surface area is 123 Å². The first-order valence-electron chi connectivity index (χ1n) is 7.10. The molecule has 1 aliphatic heterocycles. The summed E-state index contributed by atoms with van der Waals surface area (Å²) in [5.74, 6) is -1.06. The standard InChI is InChI=1S/C17H18F2N2/c1-21-7-6-12-3-5-16(8-14(12)11-21)20-10-13-2-4-15(18)9-17(13)19/h2-5,8-9,20H,6-7,10-11H2,1H3. The number of hydrogen-bond donors (Lipinski definition) is 1. The van der Waals surface area contributed by atoms with Gasteiger partial charge in [-0.05, 0) is 42.8 Å². The second-order valence-corrected chi connectivity index (χ2v) is 5.56. The third kappa shape index (κ3) is 3.22. The summed E-state index contributed by atoms with van der Waals surface area (Å²) >= 11 is 0. The number of likely N-dealkylation sites (N-methyl/N-ethyl adjacent to an activating group) is 1. The van der Waals surface area contributed by atoms with E-state index in [9.17, 15) is 8.78 Å². The molecule has 0 fully saturated rings. The van der Waals surface area contributed by atoms with Crippen molar-refractivity contribution < 1.29 is 8.78 Å².